The van der Waals surface area contributed by atoms with Gasteiger partial charge in [-0.05, 0) is 30.9 Å². The van der Waals surface area contributed by atoms with E-state index in [1.54, 1.807) is 0 Å². The quantitative estimate of drug-likeness (QED) is 0.569. The van der Waals surface area contributed by atoms with Crippen LogP contribution in [-0.4, -0.2) is 34.5 Å². The predicted octanol–water partition coefficient (Wildman–Crippen LogP) is -0.206. The van der Waals surface area contributed by atoms with Crippen LogP contribution in [0, 0.1) is 0 Å². The molecule has 0 aliphatic heterocycles. The monoisotopic (exact) mass is 237 g/mol. The molecule has 0 aromatic carbocycles. The summed E-state index contributed by atoms with van der Waals surface area (Å²) in [5, 5.41) is 21.2. The molecule has 2 rings (SSSR count). The normalized spacial score (nSPS) is 14.1. The maximum atomic E-state index is 9.06. The minimum Gasteiger partial charge on any atom is -0.394 e. The zero-order valence-electron chi connectivity index (χ0n) is 9.82. The Hall–Kier alpha value is -1.17. The van der Waals surface area contributed by atoms with Crippen LogP contribution in [0.15, 0.2) is 6.07 Å². The number of fused-ring (bicyclic) bond motifs is 1. The summed E-state index contributed by atoms with van der Waals surface area (Å²) in [5.41, 5.74) is 9.03. The Kier molecular flexibility index (Phi) is 3.93. The van der Waals surface area contributed by atoms with Crippen LogP contribution in [0.25, 0.3) is 0 Å². The van der Waals surface area contributed by atoms with Gasteiger partial charge in [-0.15, -0.1) is 0 Å². The zero-order valence-corrected chi connectivity index (χ0v) is 9.82. The van der Waals surface area contributed by atoms with Gasteiger partial charge in [0.2, 0.25) is 0 Å². The lowest BCUT2D eigenvalue weighted by atomic mass is 10.1. The molecule has 0 fully saturated rings. The van der Waals surface area contributed by atoms with Crippen molar-refractivity contribution in [3.05, 3.63) is 22.9 Å². The molecule has 1 heterocycles. The van der Waals surface area contributed by atoms with E-state index in [1.807, 2.05) is 0 Å². The molecule has 1 aromatic heterocycles. The molecule has 94 valence electrons. The molecule has 1 aliphatic rings. The largest absolute Gasteiger partial charge is 0.394 e. The van der Waals surface area contributed by atoms with Crippen LogP contribution in [0.2, 0.25) is 0 Å². The highest BCUT2D eigenvalue weighted by molar-refractivity contribution is 5.49. The fraction of sp³-hybridized carbons (Fsp3) is 0.583. The van der Waals surface area contributed by atoms with Crippen molar-refractivity contribution in [1.82, 2.24) is 4.98 Å². The Morgan fingerprint density at radius 3 is 2.76 bits per heavy atom. The van der Waals surface area contributed by atoms with Gasteiger partial charge in [0.15, 0.2) is 0 Å². The maximum Gasteiger partial charge on any atom is 0.131 e. The summed E-state index contributed by atoms with van der Waals surface area (Å²) >= 11 is 0. The second kappa shape index (κ2) is 5.44. The molecule has 1 aliphatic carbocycles. The Labute approximate surface area is 101 Å². The van der Waals surface area contributed by atoms with Crippen molar-refractivity contribution in [2.75, 3.05) is 18.5 Å². The molecule has 0 spiro atoms. The number of aromatic nitrogens is 1. The lowest BCUT2D eigenvalue weighted by Gasteiger charge is -2.17. The Morgan fingerprint density at radius 2 is 2.12 bits per heavy atom. The highest BCUT2D eigenvalue weighted by Gasteiger charge is 2.17. The number of nitrogens with zero attached hydrogens (tertiary/aromatic N) is 1. The van der Waals surface area contributed by atoms with E-state index in [2.05, 4.69) is 16.4 Å². The fourth-order valence-electron chi connectivity index (χ4n) is 2.14. The molecule has 0 radical (unpaired) electrons. The number of pyridine rings is 1. The van der Waals surface area contributed by atoms with Crippen LogP contribution in [0.4, 0.5) is 5.82 Å². The van der Waals surface area contributed by atoms with Gasteiger partial charge < -0.3 is 21.3 Å². The van der Waals surface area contributed by atoms with Gasteiger partial charge in [0, 0.05) is 17.8 Å². The summed E-state index contributed by atoms with van der Waals surface area (Å²) in [6, 6.07) is 1.70. The van der Waals surface area contributed by atoms with Crippen LogP contribution in [0.1, 0.15) is 23.2 Å². The predicted molar refractivity (Wildman–Crippen MR) is 65.7 cm³/mol. The van der Waals surface area contributed by atoms with Gasteiger partial charge in [-0.1, -0.05) is 0 Å². The van der Waals surface area contributed by atoms with Crippen LogP contribution < -0.4 is 11.1 Å². The average molecular weight is 237 g/mol. The van der Waals surface area contributed by atoms with Gasteiger partial charge in [0.25, 0.3) is 0 Å². The van der Waals surface area contributed by atoms with Gasteiger partial charge in [-0.2, -0.15) is 0 Å². The molecule has 1 aromatic rings. The van der Waals surface area contributed by atoms with Gasteiger partial charge in [-0.25, -0.2) is 4.98 Å². The molecule has 5 N–H and O–H groups in total. The van der Waals surface area contributed by atoms with Gasteiger partial charge in [0.05, 0.1) is 19.3 Å². The molecule has 0 atom stereocenters. The molecule has 5 nitrogen and oxygen atoms in total. The lowest BCUT2D eigenvalue weighted by Crippen LogP contribution is -2.29. The number of nitrogens with one attached hydrogen (secondary N) is 1. The topological polar surface area (TPSA) is 91.4 Å². The number of nitrogens with two attached hydrogens (primary N) is 1. The van der Waals surface area contributed by atoms with Crippen molar-refractivity contribution in [1.29, 1.82) is 0 Å². The molecule has 0 amide bonds. The van der Waals surface area contributed by atoms with Gasteiger partial charge >= 0.3 is 0 Å². The van der Waals surface area contributed by atoms with Crippen LogP contribution in [0.5, 0.6) is 0 Å². The summed E-state index contributed by atoms with van der Waals surface area (Å²) < 4.78 is 0. The third kappa shape index (κ3) is 2.57. The third-order valence-corrected chi connectivity index (χ3v) is 3.13. The van der Waals surface area contributed by atoms with E-state index < -0.39 is 0 Å². The minimum absolute atomic E-state index is 0.126. The first kappa shape index (κ1) is 12.3. The number of rotatable bonds is 5. The number of hydrogen-bond acceptors (Lipinski definition) is 5. The summed E-state index contributed by atoms with van der Waals surface area (Å²) in [6.07, 6.45) is 3.20. The van der Waals surface area contributed by atoms with Gasteiger partial charge in [0.1, 0.15) is 5.82 Å². The van der Waals surface area contributed by atoms with Crippen molar-refractivity contribution in [3.63, 3.8) is 0 Å². The van der Waals surface area contributed by atoms with Crippen molar-refractivity contribution < 1.29 is 10.2 Å². The molecule has 0 unspecified atom stereocenters. The van der Waals surface area contributed by atoms with Crippen LogP contribution in [0.3, 0.4) is 0 Å². The average Bonchev–Trinajstić information content (AvgIpc) is 2.81. The minimum atomic E-state index is -0.382. The summed E-state index contributed by atoms with van der Waals surface area (Å²) in [6.45, 7) is 0.157. The SMILES string of the molecule is NCc1cc2c(nc1NC(CO)CO)CCC2. The highest BCUT2D eigenvalue weighted by Crippen LogP contribution is 2.25. The first-order valence-corrected chi connectivity index (χ1v) is 5.98. The zero-order chi connectivity index (χ0) is 12.3. The molecule has 0 bridgehead atoms. The molecule has 17 heavy (non-hydrogen) atoms. The molecule has 0 saturated carbocycles. The standard InChI is InChI=1S/C12H19N3O2/c13-5-9-4-8-2-1-3-11(8)15-12(9)14-10(6-16)7-17/h4,10,16-17H,1-3,5-7,13H2,(H,14,15). The van der Waals surface area contributed by atoms with Crippen LogP contribution in [-0.2, 0) is 19.4 Å². The van der Waals surface area contributed by atoms with E-state index in [9.17, 15) is 0 Å². The number of hydrogen-bond donors (Lipinski definition) is 4. The first-order valence-electron chi connectivity index (χ1n) is 5.98. The molecule has 0 saturated heterocycles. The van der Waals surface area contributed by atoms with E-state index in [4.69, 9.17) is 15.9 Å². The Bertz CT molecular complexity index is 392. The van der Waals surface area contributed by atoms with E-state index in [-0.39, 0.29) is 19.3 Å². The van der Waals surface area contributed by atoms with Crippen molar-refractivity contribution in [2.45, 2.75) is 31.8 Å². The second-order valence-corrected chi connectivity index (χ2v) is 4.37. The summed E-state index contributed by atoms with van der Waals surface area (Å²) in [7, 11) is 0. The number of aryl methyl sites for hydroxylation is 2. The van der Waals surface area contributed by atoms with Crippen molar-refractivity contribution in [2.24, 2.45) is 5.73 Å². The highest BCUT2D eigenvalue weighted by atomic mass is 16.3. The van der Waals surface area contributed by atoms with Gasteiger partial charge in [-0.3, -0.25) is 0 Å². The first-order chi connectivity index (χ1) is 8.28. The van der Waals surface area contributed by atoms with E-state index in [0.29, 0.717) is 12.4 Å². The smallest absolute Gasteiger partial charge is 0.131 e. The molecular formula is C12H19N3O2. The van der Waals surface area contributed by atoms with E-state index >= 15 is 0 Å². The number of anilines is 1. The maximum absolute atomic E-state index is 9.06. The number of aliphatic hydroxyl groups excluding tert-OH is 2. The van der Waals surface area contributed by atoms with Crippen molar-refractivity contribution in [3.8, 4) is 0 Å². The second-order valence-electron chi connectivity index (χ2n) is 4.37. The third-order valence-electron chi connectivity index (χ3n) is 3.13. The van der Waals surface area contributed by atoms with Crippen LogP contribution >= 0.6 is 0 Å². The Morgan fingerprint density at radius 1 is 1.35 bits per heavy atom. The summed E-state index contributed by atoms with van der Waals surface area (Å²) in [4.78, 5) is 4.55. The van der Waals surface area contributed by atoms with E-state index in [0.717, 1.165) is 30.5 Å². The number of aliphatic hydroxyl groups is 2. The lowest BCUT2D eigenvalue weighted by molar-refractivity contribution is 0.203. The van der Waals surface area contributed by atoms with Crippen molar-refractivity contribution >= 4 is 5.82 Å². The molecule has 5 heteroatoms. The van der Waals surface area contributed by atoms with E-state index in [1.165, 1.54) is 5.56 Å². The summed E-state index contributed by atoms with van der Waals surface area (Å²) in [5.74, 6) is 0.696. The Balaban J connectivity index is 2.26. The molecular weight excluding hydrogens is 218 g/mol. The fourth-order valence-corrected chi connectivity index (χ4v) is 2.14.